The molecule has 0 aliphatic carbocycles. The zero-order valence-electron chi connectivity index (χ0n) is 9.67. The molecular formula is C11H14Cl2F2N2O. The van der Waals surface area contributed by atoms with E-state index in [2.05, 4.69) is 5.32 Å². The fraction of sp³-hybridized carbons (Fsp3) is 0.364. The van der Waals surface area contributed by atoms with Gasteiger partial charge in [-0.2, -0.15) is 0 Å². The average molecular weight is 299 g/mol. The summed E-state index contributed by atoms with van der Waals surface area (Å²) in [6.45, 7) is 2.16. The van der Waals surface area contributed by atoms with Crippen molar-refractivity contribution >= 4 is 29.9 Å². The molecule has 0 spiro atoms. The second-order valence-electron chi connectivity index (χ2n) is 3.77. The van der Waals surface area contributed by atoms with E-state index < -0.39 is 17.5 Å². The molecule has 1 amide bonds. The van der Waals surface area contributed by atoms with E-state index >= 15 is 0 Å². The third kappa shape index (κ3) is 4.76. The molecule has 0 bridgehead atoms. The molecule has 102 valence electrons. The number of nitrogens with one attached hydrogen (secondary N) is 1. The summed E-state index contributed by atoms with van der Waals surface area (Å²) in [5.74, 6) is -2.73. The summed E-state index contributed by atoms with van der Waals surface area (Å²) in [6.07, 6.45) is 0.590. The third-order valence-corrected chi connectivity index (χ3v) is 2.45. The molecule has 0 radical (unpaired) electrons. The highest BCUT2D eigenvalue weighted by atomic mass is 35.5. The standard InChI is InChI=1S/C11H13ClF2N2O.ClH/c1-6(15)2-3-16-11(17)7-4-9(13)10(14)5-8(7)12;/h4-6H,2-3,15H2,1H3,(H,16,17);1H. The van der Waals surface area contributed by atoms with Gasteiger partial charge >= 0.3 is 0 Å². The Morgan fingerprint density at radius 3 is 2.56 bits per heavy atom. The molecule has 1 aromatic rings. The zero-order chi connectivity index (χ0) is 13.0. The molecule has 0 heterocycles. The van der Waals surface area contributed by atoms with Crippen LogP contribution in [0.4, 0.5) is 8.78 Å². The monoisotopic (exact) mass is 298 g/mol. The molecule has 1 aromatic carbocycles. The molecule has 0 aliphatic heterocycles. The molecule has 1 rings (SSSR count). The lowest BCUT2D eigenvalue weighted by molar-refractivity contribution is 0.0952. The molecule has 0 fully saturated rings. The van der Waals surface area contributed by atoms with E-state index in [1.54, 1.807) is 6.92 Å². The highest BCUT2D eigenvalue weighted by molar-refractivity contribution is 6.33. The smallest absolute Gasteiger partial charge is 0.252 e. The minimum Gasteiger partial charge on any atom is -0.352 e. The number of carbonyl (C=O) groups excluding carboxylic acids is 1. The Hall–Kier alpha value is -0.910. The lowest BCUT2D eigenvalue weighted by atomic mass is 10.2. The Morgan fingerprint density at radius 1 is 1.44 bits per heavy atom. The van der Waals surface area contributed by atoms with Gasteiger partial charge in [-0.15, -0.1) is 12.4 Å². The summed E-state index contributed by atoms with van der Waals surface area (Å²) in [5, 5.41) is 2.40. The number of rotatable bonds is 4. The van der Waals surface area contributed by atoms with Crippen molar-refractivity contribution in [2.45, 2.75) is 19.4 Å². The normalized spacial score (nSPS) is 11.6. The highest BCUT2D eigenvalue weighted by Crippen LogP contribution is 2.19. The first-order valence-electron chi connectivity index (χ1n) is 5.10. The van der Waals surface area contributed by atoms with Crippen molar-refractivity contribution < 1.29 is 13.6 Å². The summed E-state index contributed by atoms with van der Waals surface area (Å²) in [7, 11) is 0. The Bertz CT molecular complexity index is 428. The minimum absolute atomic E-state index is 0. The van der Waals surface area contributed by atoms with Crippen LogP contribution >= 0.6 is 24.0 Å². The maximum absolute atomic E-state index is 12.9. The van der Waals surface area contributed by atoms with E-state index in [9.17, 15) is 13.6 Å². The summed E-state index contributed by atoms with van der Waals surface area (Å²) in [5.41, 5.74) is 5.42. The molecule has 1 atom stereocenters. The third-order valence-electron chi connectivity index (χ3n) is 2.14. The number of hydrogen-bond acceptors (Lipinski definition) is 2. The molecular weight excluding hydrogens is 285 g/mol. The van der Waals surface area contributed by atoms with Crippen molar-refractivity contribution in [3.05, 3.63) is 34.4 Å². The van der Waals surface area contributed by atoms with Crippen LogP contribution in [-0.2, 0) is 0 Å². The Balaban J connectivity index is 0.00000289. The second kappa shape index (κ2) is 7.51. The van der Waals surface area contributed by atoms with Crippen LogP contribution in [0.3, 0.4) is 0 Å². The summed E-state index contributed by atoms with van der Waals surface area (Å²) < 4.78 is 25.7. The van der Waals surface area contributed by atoms with Crippen LogP contribution in [0.2, 0.25) is 5.02 Å². The van der Waals surface area contributed by atoms with E-state index in [1.807, 2.05) is 0 Å². The largest absolute Gasteiger partial charge is 0.352 e. The number of halogens is 4. The van der Waals surface area contributed by atoms with Gasteiger partial charge in [0, 0.05) is 12.6 Å². The first-order chi connectivity index (χ1) is 7.91. The van der Waals surface area contributed by atoms with E-state index in [0.717, 1.165) is 12.1 Å². The van der Waals surface area contributed by atoms with E-state index in [-0.39, 0.29) is 29.0 Å². The van der Waals surface area contributed by atoms with Crippen LogP contribution in [0.1, 0.15) is 23.7 Å². The molecule has 18 heavy (non-hydrogen) atoms. The summed E-state index contributed by atoms with van der Waals surface area (Å²) in [4.78, 5) is 11.6. The van der Waals surface area contributed by atoms with Gasteiger partial charge in [-0.3, -0.25) is 4.79 Å². The van der Waals surface area contributed by atoms with Gasteiger partial charge in [0.25, 0.3) is 5.91 Å². The van der Waals surface area contributed by atoms with Gasteiger partial charge in [0.15, 0.2) is 11.6 Å². The molecule has 1 unspecified atom stereocenters. The van der Waals surface area contributed by atoms with Gasteiger partial charge in [-0.1, -0.05) is 11.6 Å². The average Bonchev–Trinajstić information content (AvgIpc) is 2.22. The molecule has 0 saturated heterocycles. The van der Waals surface area contributed by atoms with E-state index in [1.165, 1.54) is 0 Å². The van der Waals surface area contributed by atoms with Crippen molar-refractivity contribution in [2.75, 3.05) is 6.54 Å². The molecule has 7 heteroatoms. The fourth-order valence-corrected chi connectivity index (χ4v) is 1.44. The van der Waals surface area contributed by atoms with Crippen molar-refractivity contribution in [1.29, 1.82) is 0 Å². The molecule has 0 aliphatic rings. The summed E-state index contributed by atoms with van der Waals surface area (Å²) >= 11 is 5.65. The number of carbonyl (C=O) groups is 1. The maximum atomic E-state index is 12.9. The molecule has 3 nitrogen and oxygen atoms in total. The van der Waals surface area contributed by atoms with Crippen molar-refractivity contribution in [1.82, 2.24) is 5.32 Å². The van der Waals surface area contributed by atoms with Gasteiger partial charge in [-0.05, 0) is 25.5 Å². The number of nitrogens with two attached hydrogens (primary N) is 1. The van der Waals surface area contributed by atoms with E-state index in [0.29, 0.717) is 13.0 Å². The van der Waals surface area contributed by atoms with Crippen LogP contribution in [0, 0.1) is 11.6 Å². The lowest BCUT2D eigenvalue weighted by Crippen LogP contribution is -2.29. The maximum Gasteiger partial charge on any atom is 0.252 e. The first kappa shape index (κ1) is 17.1. The predicted octanol–water partition coefficient (Wildman–Crippen LogP) is 2.51. The van der Waals surface area contributed by atoms with Crippen molar-refractivity contribution in [2.24, 2.45) is 5.73 Å². The van der Waals surface area contributed by atoms with Crippen LogP contribution in [-0.4, -0.2) is 18.5 Å². The van der Waals surface area contributed by atoms with Crippen LogP contribution in [0.5, 0.6) is 0 Å². The second-order valence-corrected chi connectivity index (χ2v) is 4.18. The highest BCUT2D eigenvalue weighted by Gasteiger charge is 2.14. The number of hydrogen-bond donors (Lipinski definition) is 2. The van der Waals surface area contributed by atoms with Crippen molar-refractivity contribution in [3.8, 4) is 0 Å². The quantitative estimate of drug-likeness (QED) is 0.839. The number of benzene rings is 1. The van der Waals surface area contributed by atoms with Gasteiger partial charge in [0.2, 0.25) is 0 Å². The minimum atomic E-state index is -1.10. The fourth-order valence-electron chi connectivity index (χ4n) is 1.21. The van der Waals surface area contributed by atoms with E-state index in [4.69, 9.17) is 17.3 Å². The lowest BCUT2D eigenvalue weighted by Gasteiger charge is -2.08. The van der Waals surface area contributed by atoms with Gasteiger partial charge in [0.05, 0.1) is 10.6 Å². The SMILES string of the molecule is CC(N)CCNC(=O)c1cc(F)c(F)cc1Cl.Cl. The Kier molecular flexibility index (Phi) is 7.13. The summed E-state index contributed by atoms with van der Waals surface area (Å²) in [6, 6.07) is 1.51. The molecule has 0 saturated carbocycles. The van der Waals surface area contributed by atoms with Crippen molar-refractivity contribution in [3.63, 3.8) is 0 Å². The van der Waals surface area contributed by atoms with Crippen LogP contribution in [0.15, 0.2) is 12.1 Å². The zero-order valence-corrected chi connectivity index (χ0v) is 11.2. The van der Waals surface area contributed by atoms with Gasteiger partial charge in [0.1, 0.15) is 0 Å². The van der Waals surface area contributed by atoms with Gasteiger partial charge in [-0.25, -0.2) is 8.78 Å². The predicted molar refractivity (Wildman–Crippen MR) is 69.2 cm³/mol. The molecule has 0 aromatic heterocycles. The topological polar surface area (TPSA) is 55.1 Å². The van der Waals surface area contributed by atoms with Crippen LogP contribution in [0.25, 0.3) is 0 Å². The van der Waals surface area contributed by atoms with Crippen LogP contribution < -0.4 is 11.1 Å². The first-order valence-corrected chi connectivity index (χ1v) is 5.48. The van der Waals surface area contributed by atoms with Gasteiger partial charge < -0.3 is 11.1 Å². The number of amides is 1. The Morgan fingerprint density at radius 2 is 2.00 bits per heavy atom. The Labute approximate surface area is 115 Å². The molecule has 3 N–H and O–H groups in total.